The Morgan fingerprint density at radius 3 is 2.91 bits per heavy atom. The lowest BCUT2D eigenvalue weighted by Crippen LogP contribution is -2.47. The molecular formula is C16H25N5O. The van der Waals surface area contributed by atoms with Gasteiger partial charge < -0.3 is 15.5 Å². The van der Waals surface area contributed by atoms with Crippen LogP contribution in [0.1, 0.15) is 25.7 Å². The maximum Gasteiger partial charge on any atom is 0.225 e. The Balaban J connectivity index is 1.20. The fraction of sp³-hybridized carbons (Fsp3) is 0.750. The summed E-state index contributed by atoms with van der Waals surface area (Å²) in [7, 11) is 0. The third-order valence-corrected chi connectivity index (χ3v) is 5.15. The average Bonchev–Trinajstić information content (AvgIpc) is 3.30. The van der Waals surface area contributed by atoms with Crippen molar-refractivity contribution in [2.45, 2.75) is 38.3 Å². The summed E-state index contributed by atoms with van der Waals surface area (Å²) in [6.07, 6.45) is 6.25. The SMILES string of the molecule is O=C(C1CC1)N1CCC(NCC2CNc3ccnn3C2)CC1. The number of aromatic nitrogens is 2. The first-order valence-corrected chi connectivity index (χ1v) is 8.57. The van der Waals surface area contributed by atoms with Crippen LogP contribution in [0.3, 0.4) is 0 Å². The van der Waals surface area contributed by atoms with Gasteiger partial charge in [-0.1, -0.05) is 0 Å². The topological polar surface area (TPSA) is 62.2 Å². The van der Waals surface area contributed by atoms with E-state index in [0.29, 0.717) is 23.8 Å². The zero-order valence-corrected chi connectivity index (χ0v) is 13.0. The zero-order valence-electron chi connectivity index (χ0n) is 13.0. The molecule has 0 spiro atoms. The molecule has 1 unspecified atom stereocenters. The lowest BCUT2D eigenvalue weighted by molar-refractivity contribution is -0.133. The fourth-order valence-corrected chi connectivity index (χ4v) is 3.55. The molecule has 2 N–H and O–H groups in total. The molecular weight excluding hydrogens is 278 g/mol. The molecule has 0 radical (unpaired) electrons. The number of likely N-dealkylation sites (tertiary alicyclic amines) is 1. The minimum absolute atomic E-state index is 0.362. The molecule has 6 nitrogen and oxygen atoms in total. The highest BCUT2D eigenvalue weighted by Gasteiger charge is 2.34. The first-order valence-electron chi connectivity index (χ1n) is 8.57. The Morgan fingerprint density at radius 1 is 1.32 bits per heavy atom. The number of rotatable bonds is 4. The summed E-state index contributed by atoms with van der Waals surface area (Å²) in [5.74, 6) is 2.48. The van der Waals surface area contributed by atoms with Gasteiger partial charge in [0.15, 0.2) is 0 Å². The second-order valence-electron chi connectivity index (χ2n) is 6.93. The van der Waals surface area contributed by atoms with Gasteiger partial charge in [-0.25, -0.2) is 4.68 Å². The van der Waals surface area contributed by atoms with Gasteiger partial charge in [-0.15, -0.1) is 0 Å². The predicted octanol–water partition coefficient (Wildman–Crippen LogP) is 0.915. The van der Waals surface area contributed by atoms with Crippen LogP contribution < -0.4 is 10.6 Å². The van der Waals surface area contributed by atoms with E-state index in [0.717, 1.165) is 64.2 Å². The first-order chi connectivity index (χ1) is 10.8. The van der Waals surface area contributed by atoms with E-state index in [1.54, 1.807) is 0 Å². The maximum atomic E-state index is 12.1. The van der Waals surface area contributed by atoms with E-state index in [-0.39, 0.29) is 0 Å². The number of hydrogen-bond donors (Lipinski definition) is 2. The van der Waals surface area contributed by atoms with Crippen molar-refractivity contribution < 1.29 is 4.79 Å². The van der Waals surface area contributed by atoms with Gasteiger partial charge in [0.05, 0.1) is 6.20 Å². The van der Waals surface area contributed by atoms with Crippen LogP contribution in [0.15, 0.2) is 12.3 Å². The number of amides is 1. The number of piperidine rings is 1. The number of hydrogen-bond acceptors (Lipinski definition) is 4. The van der Waals surface area contributed by atoms with E-state index >= 15 is 0 Å². The van der Waals surface area contributed by atoms with Crippen LogP contribution in [0.4, 0.5) is 5.82 Å². The van der Waals surface area contributed by atoms with Gasteiger partial charge in [0, 0.05) is 56.7 Å². The summed E-state index contributed by atoms with van der Waals surface area (Å²) < 4.78 is 2.05. The summed E-state index contributed by atoms with van der Waals surface area (Å²) in [6.45, 7) is 4.88. The average molecular weight is 303 g/mol. The quantitative estimate of drug-likeness (QED) is 0.868. The lowest BCUT2D eigenvalue weighted by Gasteiger charge is -2.34. The second-order valence-corrected chi connectivity index (χ2v) is 6.93. The molecule has 1 aromatic heterocycles. The third kappa shape index (κ3) is 2.97. The summed E-state index contributed by atoms with van der Waals surface area (Å²) >= 11 is 0. The van der Waals surface area contributed by atoms with E-state index in [2.05, 4.69) is 20.6 Å². The first kappa shape index (κ1) is 14.1. The van der Waals surface area contributed by atoms with Crippen molar-refractivity contribution in [1.82, 2.24) is 20.0 Å². The summed E-state index contributed by atoms with van der Waals surface area (Å²) in [5, 5.41) is 11.5. The van der Waals surface area contributed by atoms with E-state index in [1.165, 1.54) is 0 Å². The van der Waals surface area contributed by atoms with Crippen molar-refractivity contribution in [3.63, 3.8) is 0 Å². The highest BCUT2D eigenvalue weighted by Crippen LogP contribution is 2.31. The van der Waals surface area contributed by atoms with Crippen molar-refractivity contribution in [1.29, 1.82) is 0 Å². The van der Waals surface area contributed by atoms with Gasteiger partial charge in [0.2, 0.25) is 5.91 Å². The zero-order chi connectivity index (χ0) is 14.9. The fourth-order valence-electron chi connectivity index (χ4n) is 3.55. The van der Waals surface area contributed by atoms with E-state index < -0.39 is 0 Å². The van der Waals surface area contributed by atoms with Crippen molar-refractivity contribution in [3.8, 4) is 0 Å². The molecule has 0 bridgehead atoms. The number of anilines is 1. The highest BCUT2D eigenvalue weighted by atomic mass is 16.2. The van der Waals surface area contributed by atoms with Crippen molar-refractivity contribution in [2.75, 3.05) is 31.5 Å². The van der Waals surface area contributed by atoms with Crippen LogP contribution in [0.2, 0.25) is 0 Å². The largest absolute Gasteiger partial charge is 0.370 e. The van der Waals surface area contributed by atoms with Gasteiger partial charge in [-0.3, -0.25) is 4.79 Å². The standard InChI is InChI=1S/C16H25N5O/c22-16(13-1-2-13)20-7-4-14(5-8-20)17-9-12-10-18-15-3-6-19-21(15)11-12/h3,6,12-14,17-18H,1-2,4-5,7-11H2. The third-order valence-electron chi connectivity index (χ3n) is 5.15. The smallest absolute Gasteiger partial charge is 0.225 e. The van der Waals surface area contributed by atoms with Crippen LogP contribution in [0.5, 0.6) is 0 Å². The van der Waals surface area contributed by atoms with Gasteiger partial charge in [0.1, 0.15) is 5.82 Å². The highest BCUT2D eigenvalue weighted by molar-refractivity contribution is 5.81. The summed E-state index contributed by atoms with van der Waals surface area (Å²) in [4.78, 5) is 14.1. The second kappa shape index (κ2) is 5.91. The maximum absolute atomic E-state index is 12.1. The summed E-state index contributed by atoms with van der Waals surface area (Å²) in [5.41, 5.74) is 0. The molecule has 1 aromatic rings. The number of nitrogens with zero attached hydrogens (tertiary/aromatic N) is 3. The molecule has 120 valence electrons. The number of carbonyl (C=O) groups is 1. The summed E-state index contributed by atoms with van der Waals surface area (Å²) in [6, 6.07) is 2.58. The van der Waals surface area contributed by atoms with Gasteiger partial charge in [0.25, 0.3) is 0 Å². The molecule has 4 rings (SSSR count). The normalized spacial score (nSPS) is 25.6. The van der Waals surface area contributed by atoms with Gasteiger partial charge in [-0.05, 0) is 25.7 Å². The van der Waals surface area contributed by atoms with E-state index in [9.17, 15) is 4.79 Å². The number of carbonyl (C=O) groups excluding carboxylic acids is 1. The number of fused-ring (bicyclic) bond motifs is 1. The lowest BCUT2D eigenvalue weighted by atomic mass is 10.0. The van der Waals surface area contributed by atoms with E-state index in [1.807, 2.05) is 16.9 Å². The van der Waals surface area contributed by atoms with Crippen molar-refractivity contribution in [3.05, 3.63) is 12.3 Å². The molecule has 3 heterocycles. The monoisotopic (exact) mass is 303 g/mol. The molecule has 22 heavy (non-hydrogen) atoms. The molecule has 6 heteroatoms. The predicted molar refractivity (Wildman–Crippen MR) is 84.5 cm³/mol. The molecule has 1 saturated heterocycles. The van der Waals surface area contributed by atoms with E-state index in [4.69, 9.17) is 0 Å². The molecule has 2 fully saturated rings. The Morgan fingerprint density at radius 2 is 2.14 bits per heavy atom. The molecule has 1 aliphatic carbocycles. The minimum Gasteiger partial charge on any atom is -0.370 e. The van der Waals surface area contributed by atoms with Gasteiger partial charge >= 0.3 is 0 Å². The van der Waals surface area contributed by atoms with Crippen LogP contribution >= 0.6 is 0 Å². The van der Waals surface area contributed by atoms with Crippen LogP contribution in [-0.2, 0) is 11.3 Å². The molecule has 1 saturated carbocycles. The Labute approximate surface area is 131 Å². The Hall–Kier alpha value is -1.56. The Bertz CT molecular complexity index is 530. The molecule has 3 aliphatic rings. The van der Waals surface area contributed by atoms with Crippen molar-refractivity contribution >= 4 is 11.7 Å². The van der Waals surface area contributed by atoms with Crippen LogP contribution in [0.25, 0.3) is 0 Å². The molecule has 2 aliphatic heterocycles. The minimum atomic E-state index is 0.362. The van der Waals surface area contributed by atoms with Crippen LogP contribution in [0, 0.1) is 11.8 Å². The molecule has 0 aromatic carbocycles. The molecule has 1 amide bonds. The Kier molecular flexibility index (Phi) is 3.78. The van der Waals surface area contributed by atoms with Gasteiger partial charge in [-0.2, -0.15) is 5.10 Å². The number of nitrogens with one attached hydrogen (secondary N) is 2. The van der Waals surface area contributed by atoms with Crippen molar-refractivity contribution in [2.24, 2.45) is 11.8 Å². The van der Waals surface area contributed by atoms with Crippen LogP contribution in [-0.4, -0.2) is 52.8 Å². The molecule has 1 atom stereocenters.